The van der Waals surface area contributed by atoms with Crippen molar-refractivity contribution in [2.24, 2.45) is 0 Å². The Hall–Kier alpha value is -2.24. The molecule has 0 spiro atoms. The Bertz CT molecular complexity index is 882. The molecule has 2 aromatic heterocycles. The Morgan fingerprint density at radius 1 is 1.17 bits per heavy atom. The summed E-state index contributed by atoms with van der Waals surface area (Å²) < 4.78 is 5.08. The summed E-state index contributed by atoms with van der Waals surface area (Å²) in [5.41, 5.74) is 1.28. The van der Waals surface area contributed by atoms with E-state index in [9.17, 15) is 4.79 Å². The van der Waals surface area contributed by atoms with Gasteiger partial charge in [-0.3, -0.25) is 0 Å². The largest absolute Gasteiger partial charge is 0.461 e. The molecule has 0 radical (unpaired) electrons. The molecule has 0 aliphatic heterocycles. The molecule has 0 saturated heterocycles. The van der Waals surface area contributed by atoms with Gasteiger partial charge in [-0.1, -0.05) is 35.3 Å². The average Bonchev–Trinajstić information content (AvgIpc) is 2.55. The van der Waals surface area contributed by atoms with E-state index in [2.05, 4.69) is 15.0 Å². The van der Waals surface area contributed by atoms with Gasteiger partial charge in [-0.05, 0) is 25.1 Å². The lowest BCUT2D eigenvalue weighted by atomic mass is 10.1. The van der Waals surface area contributed by atoms with Gasteiger partial charge in [0.05, 0.1) is 17.1 Å². The number of benzene rings is 1. The van der Waals surface area contributed by atoms with Crippen molar-refractivity contribution >= 4 is 40.1 Å². The minimum absolute atomic E-state index is 0.171. The number of para-hydroxylation sites is 1. The lowest BCUT2D eigenvalue weighted by Gasteiger charge is -2.09. The third kappa shape index (κ3) is 3.11. The van der Waals surface area contributed by atoms with E-state index in [4.69, 9.17) is 27.9 Å². The molecule has 0 aliphatic rings. The van der Waals surface area contributed by atoms with Gasteiger partial charge in [0.25, 0.3) is 0 Å². The standard InChI is InChI=1S/C16H11Cl2N3O2/c1-2-23-16(22)14-10-4-3-5-11(17)13(10)20-15(21-14)9-6-7-12(18)19-8-9/h3-8H,2H2,1H3. The predicted molar refractivity (Wildman–Crippen MR) is 88.7 cm³/mol. The number of carbonyl (C=O) groups excluding carboxylic acids is 1. The van der Waals surface area contributed by atoms with Crippen LogP contribution in [0.4, 0.5) is 0 Å². The normalized spacial score (nSPS) is 10.7. The van der Waals surface area contributed by atoms with Gasteiger partial charge in [0.1, 0.15) is 5.15 Å². The molecule has 3 aromatic rings. The smallest absolute Gasteiger partial charge is 0.357 e. The predicted octanol–water partition coefficient (Wildman–Crippen LogP) is 4.18. The highest BCUT2D eigenvalue weighted by molar-refractivity contribution is 6.35. The molecule has 7 heteroatoms. The van der Waals surface area contributed by atoms with Gasteiger partial charge < -0.3 is 4.74 Å². The summed E-state index contributed by atoms with van der Waals surface area (Å²) in [6, 6.07) is 8.52. The summed E-state index contributed by atoms with van der Waals surface area (Å²) in [5, 5.41) is 1.33. The van der Waals surface area contributed by atoms with Crippen LogP contribution in [0.2, 0.25) is 10.2 Å². The summed E-state index contributed by atoms with van der Waals surface area (Å²) in [6.07, 6.45) is 1.54. The first-order valence-corrected chi connectivity index (χ1v) is 7.61. The van der Waals surface area contributed by atoms with E-state index in [0.717, 1.165) is 0 Å². The maximum absolute atomic E-state index is 12.2. The zero-order valence-electron chi connectivity index (χ0n) is 12.1. The van der Waals surface area contributed by atoms with Crippen LogP contribution in [-0.2, 0) is 4.74 Å². The Morgan fingerprint density at radius 2 is 2.00 bits per heavy atom. The van der Waals surface area contributed by atoms with Crippen LogP contribution in [0.5, 0.6) is 0 Å². The third-order valence-electron chi connectivity index (χ3n) is 3.13. The summed E-state index contributed by atoms with van der Waals surface area (Å²) in [4.78, 5) is 25.0. The summed E-state index contributed by atoms with van der Waals surface area (Å²) >= 11 is 12.0. The molecular formula is C16H11Cl2N3O2. The van der Waals surface area contributed by atoms with Crippen LogP contribution in [0.3, 0.4) is 0 Å². The molecule has 0 aliphatic carbocycles. The Kier molecular flexibility index (Phi) is 4.41. The maximum atomic E-state index is 12.2. The fraction of sp³-hybridized carbons (Fsp3) is 0.125. The Balaban J connectivity index is 2.25. The van der Waals surface area contributed by atoms with Crippen molar-refractivity contribution in [2.45, 2.75) is 6.92 Å². The van der Waals surface area contributed by atoms with Gasteiger partial charge in [0.15, 0.2) is 11.5 Å². The molecule has 0 N–H and O–H groups in total. The van der Waals surface area contributed by atoms with Crippen LogP contribution in [0.15, 0.2) is 36.5 Å². The van der Waals surface area contributed by atoms with Crippen molar-refractivity contribution in [3.05, 3.63) is 52.4 Å². The third-order valence-corrected chi connectivity index (χ3v) is 3.66. The topological polar surface area (TPSA) is 65.0 Å². The number of fused-ring (bicyclic) bond motifs is 1. The fourth-order valence-electron chi connectivity index (χ4n) is 2.11. The minimum atomic E-state index is -0.523. The molecule has 0 amide bonds. The number of halogens is 2. The number of hydrogen-bond acceptors (Lipinski definition) is 5. The van der Waals surface area contributed by atoms with E-state index >= 15 is 0 Å². The second-order valence-corrected chi connectivity index (χ2v) is 5.42. The van der Waals surface area contributed by atoms with E-state index in [-0.39, 0.29) is 12.3 Å². The first-order valence-electron chi connectivity index (χ1n) is 6.85. The second kappa shape index (κ2) is 6.48. The molecule has 0 atom stereocenters. The maximum Gasteiger partial charge on any atom is 0.357 e. The molecule has 0 bridgehead atoms. The van der Waals surface area contributed by atoms with Crippen LogP contribution >= 0.6 is 23.2 Å². The molecule has 23 heavy (non-hydrogen) atoms. The Labute approximate surface area is 142 Å². The zero-order valence-corrected chi connectivity index (χ0v) is 13.6. The monoisotopic (exact) mass is 347 g/mol. The summed E-state index contributed by atoms with van der Waals surface area (Å²) in [6.45, 7) is 1.99. The van der Waals surface area contributed by atoms with Crippen LogP contribution < -0.4 is 0 Å². The molecule has 116 valence electrons. The number of rotatable bonds is 3. The number of nitrogens with zero attached hydrogens (tertiary/aromatic N) is 3. The molecular weight excluding hydrogens is 337 g/mol. The van der Waals surface area contributed by atoms with Crippen LogP contribution in [0, 0.1) is 0 Å². The SMILES string of the molecule is CCOC(=O)c1nc(-c2ccc(Cl)nc2)nc2c(Cl)cccc12. The summed E-state index contributed by atoms with van der Waals surface area (Å²) in [7, 11) is 0. The highest BCUT2D eigenvalue weighted by Crippen LogP contribution is 2.27. The van der Waals surface area contributed by atoms with Crippen LogP contribution in [0.1, 0.15) is 17.4 Å². The lowest BCUT2D eigenvalue weighted by molar-refractivity contribution is 0.0522. The van der Waals surface area contributed by atoms with Crippen molar-refractivity contribution < 1.29 is 9.53 Å². The van der Waals surface area contributed by atoms with E-state index in [1.54, 1.807) is 37.3 Å². The number of ether oxygens (including phenoxy) is 1. The highest BCUT2D eigenvalue weighted by atomic mass is 35.5. The fourth-order valence-corrected chi connectivity index (χ4v) is 2.44. The minimum Gasteiger partial charge on any atom is -0.461 e. The van der Waals surface area contributed by atoms with Gasteiger partial charge in [-0.15, -0.1) is 0 Å². The van der Waals surface area contributed by atoms with E-state index in [1.807, 2.05) is 0 Å². The van der Waals surface area contributed by atoms with Crippen molar-refractivity contribution in [3.63, 3.8) is 0 Å². The van der Waals surface area contributed by atoms with E-state index in [0.29, 0.717) is 32.5 Å². The quantitative estimate of drug-likeness (QED) is 0.525. The van der Waals surface area contributed by atoms with Crippen LogP contribution in [0.25, 0.3) is 22.3 Å². The number of carbonyl (C=O) groups is 1. The Morgan fingerprint density at radius 3 is 2.70 bits per heavy atom. The van der Waals surface area contributed by atoms with Crippen molar-refractivity contribution in [1.29, 1.82) is 0 Å². The molecule has 2 heterocycles. The van der Waals surface area contributed by atoms with Gasteiger partial charge in [0.2, 0.25) is 0 Å². The number of aromatic nitrogens is 3. The van der Waals surface area contributed by atoms with Crippen molar-refractivity contribution in [3.8, 4) is 11.4 Å². The van der Waals surface area contributed by atoms with Gasteiger partial charge in [-0.2, -0.15) is 0 Å². The van der Waals surface area contributed by atoms with E-state index in [1.165, 1.54) is 6.20 Å². The molecule has 3 rings (SSSR count). The van der Waals surface area contributed by atoms with Gasteiger partial charge in [-0.25, -0.2) is 19.7 Å². The van der Waals surface area contributed by atoms with E-state index < -0.39 is 5.97 Å². The number of esters is 1. The lowest BCUT2D eigenvalue weighted by Crippen LogP contribution is -2.10. The first-order chi connectivity index (χ1) is 11.1. The van der Waals surface area contributed by atoms with Crippen molar-refractivity contribution in [2.75, 3.05) is 6.61 Å². The summed E-state index contributed by atoms with van der Waals surface area (Å²) in [5.74, 6) is -0.192. The average molecular weight is 348 g/mol. The van der Waals surface area contributed by atoms with Crippen LogP contribution in [-0.4, -0.2) is 27.5 Å². The van der Waals surface area contributed by atoms with Gasteiger partial charge >= 0.3 is 5.97 Å². The molecule has 0 unspecified atom stereocenters. The molecule has 0 fully saturated rings. The molecule has 1 aromatic carbocycles. The van der Waals surface area contributed by atoms with Crippen molar-refractivity contribution in [1.82, 2.24) is 15.0 Å². The molecule has 0 saturated carbocycles. The number of pyridine rings is 1. The second-order valence-electron chi connectivity index (χ2n) is 4.62. The first kappa shape index (κ1) is 15.6. The number of hydrogen-bond donors (Lipinski definition) is 0. The van der Waals surface area contributed by atoms with Gasteiger partial charge in [0, 0.05) is 17.1 Å². The zero-order chi connectivity index (χ0) is 16.4. The highest BCUT2D eigenvalue weighted by Gasteiger charge is 2.18. The molecule has 5 nitrogen and oxygen atoms in total.